The molecule has 16 heavy (non-hydrogen) atoms. The predicted molar refractivity (Wildman–Crippen MR) is 59.7 cm³/mol. The average molecular weight is 292 g/mol. The molecule has 0 radical (unpaired) electrons. The van der Waals surface area contributed by atoms with Crippen LogP contribution in [0, 0.1) is 17.6 Å². The second kappa shape index (κ2) is 4.39. The molecule has 1 aliphatic carbocycles. The van der Waals surface area contributed by atoms with Crippen molar-refractivity contribution in [2.75, 3.05) is 0 Å². The molecule has 2 rings (SSSR count). The number of nitrogens with two attached hydrogens (primary N) is 1. The minimum Gasteiger partial charge on any atom is -0.391 e. The molecular formula is C11H12BrF2NO. The Kier molecular flexibility index (Phi) is 3.28. The van der Waals surface area contributed by atoms with Gasteiger partial charge in [-0.15, -0.1) is 0 Å². The summed E-state index contributed by atoms with van der Waals surface area (Å²) in [5.74, 6) is -1.37. The van der Waals surface area contributed by atoms with Crippen molar-refractivity contribution in [3.05, 3.63) is 33.8 Å². The largest absolute Gasteiger partial charge is 0.391 e. The number of rotatable bonds is 3. The fourth-order valence-corrected chi connectivity index (χ4v) is 2.18. The molecule has 0 bridgehead atoms. The molecule has 1 aliphatic rings. The predicted octanol–water partition coefficient (Wildman–Crippen LogP) is 2.50. The van der Waals surface area contributed by atoms with Crippen LogP contribution in [0.2, 0.25) is 0 Å². The molecule has 3 N–H and O–H groups in total. The van der Waals surface area contributed by atoms with Crippen LogP contribution < -0.4 is 5.73 Å². The summed E-state index contributed by atoms with van der Waals surface area (Å²) in [7, 11) is 0. The van der Waals surface area contributed by atoms with E-state index in [0.29, 0.717) is 4.47 Å². The van der Waals surface area contributed by atoms with E-state index in [4.69, 9.17) is 5.73 Å². The van der Waals surface area contributed by atoms with Crippen LogP contribution in [0.25, 0.3) is 0 Å². The molecule has 0 amide bonds. The molecule has 1 aromatic rings. The monoisotopic (exact) mass is 291 g/mol. The van der Waals surface area contributed by atoms with E-state index < -0.39 is 23.8 Å². The Bertz CT molecular complexity index is 386. The van der Waals surface area contributed by atoms with Gasteiger partial charge in [-0.25, -0.2) is 8.78 Å². The van der Waals surface area contributed by atoms with E-state index in [2.05, 4.69) is 15.9 Å². The van der Waals surface area contributed by atoms with Crippen molar-refractivity contribution < 1.29 is 13.9 Å². The lowest BCUT2D eigenvalue weighted by molar-refractivity contribution is 0.119. The summed E-state index contributed by atoms with van der Waals surface area (Å²) >= 11 is 2.99. The lowest BCUT2D eigenvalue weighted by atomic mass is 9.98. The summed E-state index contributed by atoms with van der Waals surface area (Å²) < 4.78 is 27.4. The van der Waals surface area contributed by atoms with Crippen LogP contribution in [0.15, 0.2) is 16.6 Å². The van der Waals surface area contributed by atoms with Crippen molar-refractivity contribution in [2.24, 2.45) is 11.7 Å². The van der Waals surface area contributed by atoms with Crippen molar-refractivity contribution in [1.82, 2.24) is 0 Å². The van der Waals surface area contributed by atoms with Crippen LogP contribution >= 0.6 is 15.9 Å². The lowest BCUT2D eigenvalue weighted by Gasteiger charge is -2.20. The molecule has 0 saturated heterocycles. The van der Waals surface area contributed by atoms with Gasteiger partial charge in [-0.2, -0.15) is 0 Å². The summed E-state index contributed by atoms with van der Waals surface area (Å²) in [5.41, 5.74) is 5.45. The molecule has 88 valence electrons. The minimum absolute atomic E-state index is 0.0810. The molecule has 0 spiro atoms. The Balaban J connectivity index is 2.31. The van der Waals surface area contributed by atoms with E-state index in [0.717, 1.165) is 25.0 Å². The first-order chi connectivity index (χ1) is 7.50. The summed E-state index contributed by atoms with van der Waals surface area (Å²) in [5, 5.41) is 9.76. The first kappa shape index (κ1) is 12.0. The van der Waals surface area contributed by atoms with Gasteiger partial charge in [0.25, 0.3) is 0 Å². The highest BCUT2D eigenvalue weighted by Gasteiger charge is 2.36. The van der Waals surface area contributed by atoms with Gasteiger partial charge >= 0.3 is 0 Å². The van der Waals surface area contributed by atoms with Crippen molar-refractivity contribution in [3.8, 4) is 0 Å². The Labute approximate surface area is 101 Å². The quantitative estimate of drug-likeness (QED) is 0.899. The summed E-state index contributed by atoms with van der Waals surface area (Å²) in [6.45, 7) is 0. The van der Waals surface area contributed by atoms with E-state index in [1.54, 1.807) is 0 Å². The molecule has 2 atom stereocenters. The van der Waals surface area contributed by atoms with Crippen LogP contribution in [0.3, 0.4) is 0 Å². The van der Waals surface area contributed by atoms with Crippen LogP contribution in [0.5, 0.6) is 0 Å². The zero-order chi connectivity index (χ0) is 11.9. The van der Waals surface area contributed by atoms with Crippen molar-refractivity contribution in [1.29, 1.82) is 0 Å². The van der Waals surface area contributed by atoms with Gasteiger partial charge in [0, 0.05) is 10.0 Å². The highest BCUT2D eigenvalue weighted by atomic mass is 79.9. The van der Waals surface area contributed by atoms with E-state index in [1.807, 2.05) is 0 Å². The van der Waals surface area contributed by atoms with Gasteiger partial charge in [-0.05, 0) is 30.9 Å². The summed E-state index contributed by atoms with van der Waals surface area (Å²) in [6, 6.07) is 1.30. The highest BCUT2D eigenvalue weighted by molar-refractivity contribution is 9.10. The molecule has 0 aromatic heterocycles. The third kappa shape index (κ3) is 2.26. The number of halogens is 3. The minimum atomic E-state index is -0.999. The number of aliphatic hydroxyl groups is 1. The van der Waals surface area contributed by atoms with E-state index in [9.17, 15) is 13.9 Å². The van der Waals surface area contributed by atoms with E-state index in [-0.39, 0.29) is 11.5 Å². The number of aliphatic hydroxyl groups excluding tert-OH is 1. The van der Waals surface area contributed by atoms with Crippen molar-refractivity contribution in [2.45, 2.75) is 25.0 Å². The zero-order valence-corrected chi connectivity index (χ0v) is 10.0. The summed E-state index contributed by atoms with van der Waals surface area (Å²) in [4.78, 5) is 0. The maximum absolute atomic E-state index is 13.5. The van der Waals surface area contributed by atoms with Gasteiger partial charge in [-0.3, -0.25) is 0 Å². The Morgan fingerprint density at radius 2 is 1.81 bits per heavy atom. The van der Waals surface area contributed by atoms with E-state index >= 15 is 0 Å². The molecule has 1 fully saturated rings. The van der Waals surface area contributed by atoms with Gasteiger partial charge in [0.15, 0.2) is 0 Å². The van der Waals surface area contributed by atoms with E-state index in [1.165, 1.54) is 0 Å². The van der Waals surface area contributed by atoms with Gasteiger partial charge in [0.2, 0.25) is 0 Å². The Morgan fingerprint density at radius 1 is 1.31 bits per heavy atom. The third-order valence-electron chi connectivity index (χ3n) is 2.85. The lowest BCUT2D eigenvalue weighted by Crippen LogP contribution is -2.29. The van der Waals surface area contributed by atoms with Crippen LogP contribution in [-0.4, -0.2) is 11.2 Å². The Morgan fingerprint density at radius 3 is 2.25 bits per heavy atom. The maximum Gasteiger partial charge on any atom is 0.132 e. The van der Waals surface area contributed by atoms with Crippen LogP contribution in [0.1, 0.15) is 24.4 Å². The fourth-order valence-electron chi connectivity index (χ4n) is 1.77. The molecule has 2 nitrogen and oxygen atoms in total. The SMILES string of the molecule is N[C@H](c1c(F)cc(Br)cc1F)[C@@H](O)C1CC1. The van der Waals surface area contributed by atoms with Gasteiger partial charge < -0.3 is 10.8 Å². The number of hydrogen-bond donors (Lipinski definition) is 2. The highest BCUT2D eigenvalue weighted by Crippen LogP contribution is 2.38. The number of benzene rings is 1. The molecule has 5 heteroatoms. The van der Waals surface area contributed by atoms with Crippen LogP contribution in [-0.2, 0) is 0 Å². The maximum atomic E-state index is 13.5. The van der Waals surface area contributed by atoms with Crippen molar-refractivity contribution in [3.63, 3.8) is 0 Å². The molecule has 1 saturated carbocycles. The van der Waals surface area contributed by atoms with Gasteiger partial charge in [0.1, 0.15) is 11.6 Å². The molecule has 0 heterocycles. The van der Waals surface area contributed by atoms with Gasteiger partial charge in [0.05, 0.1) is 12.1 Å². The average Bonchev–Trinajstić information content (AvgIpc) is 2.97. The standard InChI is InChI=1S/C11H12BrF2NO/c12-6-3-7(13)9(8(14)4-6)10(15)11(16)5-1-2-5/h3-5,10-11,16H,1-2,15H2/t10-,11+/m1/s1. The van der Waals surface area contributed by atoms with Gasteiger partial charge in [-0.1, -0.05) is 15.9 Å². The number of hydrogen-bond acceptors (Lipinski definition) is 2. The van der Waals surface area contributed by atoms with Crippen LogP contribution in [0.4, 0.5) is 8.78 Å². The normalized spacial score (nSPS) is 19.6. The first-order valence-corrected chi connectivity index (χ1v) is 5.88. The smallest absolute Gasteiger partial charge is 0.132 e. The summed E-state index contributed by atoms with van der Waals surface area (Å²) in [6.07, 6.45) is 0.869. The molecular weight excluding hydrogens is 280 g/mol. The second-order valence-corrected chi connectivity index (χ2v) is 5.05. The second-order valence-electron chi connectivity index (χ2n) is 4.14. The Hall–Kier alpha value is -0.520. The topological polar surface area (TPSA) is 46.2 Å². The fraction of sp³-hybridized carbons (Fsp3) is 0.455. The van der Waals surface area contributed by atoms with Crippen molar-refractivity contribution >= 4 is 15.9 Å². The molecule has 0 unspecified atom stereocenters. The zero-order valence-electron chi connectivity index (χ0n) is 8.46. The molecule has 0 aliphatic heterocycles. The third-order valence-corrected chi connectivity index (χ3v) is 3.31. The molecule has 1 aromatic carbocycles. The first-order valence-electron chi connectivity index (χ1n) is 5.09.